The van der Waals surface area contributed by atoms with Crippen LogP contribution in [0.1, 0.15) is 35.2 Å². The van der Waals surface area contributed by atoms with Gasteiger partial charge < -0.3 is 10.0 Å². The van der Waals surface area contributed by atoms with E-state index in [-0.39, 0.29) is 12.3 Å². The molecule has 4 rings (SSSR count). The second-order valence-corrected chi connectivity index (χ2v) is 6.92. The molecule has 1 saturated heterocycles. The lowest BCUT2D eigenvalue weighted by Crippen LogP contribution is -2.35. The molecule has 2 aromatic heterocycles. The van der Waals surface area contributed by atoms with E-state index in [0.717, 1.165) is 42.6 Å². The van der Waals surface area contributed by atoms with Gasteiger partial charge in [0.2, 0.25) is 0 Å². The van der Waals surface area contributed by atoms with Crippen molar-refractivity contribution >= 4 is 17.4 Å². The lowest BCUT2D eigenvalue weighted by molar-refractivity contribution is -0.136. The standard InChI is InChI=1S/C21H21N3O3/c25-20(26)13-18-14-22-24-10-7-16(12-19(18)24)15-5-4-6-17(11-15)21(27)23-8-2-1-3-9-23/h4-7,10-12,14H,1-3,8-9,13H2,(H,25,26). The predicted octanol–water partition coefficient (Wildman–Crippen LogP) is 3.25. The number of rotatable bonds is 4. The SMILES string of the molecule is O=C(O)Cc1cnn2ccc(-c3cccc(C(=O)N4CCCCC4)c3)cc12. The van der Waals surface area contributed by atoms with E-state index in [1.165, 1.54) is 6.42 Å². The minimum Gasteiger partial charge on any atom is -0.481 e. The smallest absolute Gasteiger partial charge is 0.307 e. The van der Waals surface area contributed by atoms with E-state index in [2.05, 4.69) is 5.10 Å². The Labute approximate surface area is 157 Å². The molecule has 138 valence electrons. The molecule has 1 amide bonds. The summed E-state index contributed by atoms with van der Waals surface area (Å²) in [6.07, 6.45) is 6.65. The lowest BCUT2D eigenvalue weighted by Gasteiger charge is -2.26. The summed E-state index contributed by atoms with van der Waals surface area (Å²) < 4.78 is 1.67. The first-order valence-electron chi connectivity index (χ1n) is 9.19. The number of piperidine rings is 1. The second kappa shape index (κ2) is 7.23. The molecular formula is C21H21N3O3. The van der Waals surface area contributed by atoms with Crippen molar-refractivity contribution in [1.82, 2.24) is 14.5 Å². The zero-order valence-corrected chi connectivity index (χ0v) is 15.0. The molecule has 1 aromatic carbocycles. The van der Waals surface area contributed by atoms with Gasteiger partial charge in [0.25, 0.3) is 5.91 Å². The summed E-state index contributed by atoms with van der Waals surface area (Å²) in [5, 5.41) is 13.3. The molecule has 27 heavy (non-hydrogen) atoms. The molecule has 0 unspecified atom stereocenters. The Hall–Kier alpha value is -3.15. The van der Waals surface area contributed by atoms with Crippen LogP contribution in [0.4, 0.5) is 0 Å². The summed E-state index contributed by atoms with van der Waals surface area (Å²) in [7, 11) is 0. The monoisotopic (exact) mass is 363 g/mol. The fourth-order valence-electron chi connectivity index (χ4n) is 3.62. The van der Waals surface area contributed by atoms with Crippen molar-refractivity contribution in [1.29, 1.82) is 0 Å². The maximum atomic E-state index is 12.8. The summed E-state index contributed by atoms with van der Waals surface area (Å²) in [4.78, 5) is 25.8. The van der Waals surface area contributed by atoms with Crippen molar-refractivity contribution in [3.05, 3.63) is 59.9 Å². The third-order valence-corrected chi connectivity index (χ3v) is 5.03. The number of fused-ring (bicyclic) bond motifs is 1. The van der Waals surface area contributed by atoms with Crippen LogP contribution in [-0.4, -0.2) is 44.6 Å². The molecule has 1 aliphatic heterocycles. The van der Waals surface area contributed by atoms with Crippen LogP contribution in [-0.2, 0) is 11.2 Å². The van der Waals surface area contributed by atoms with Crippen molar-refractivity contribution < 1.29 is 14.7 Å². The quantitative estimate of drug-likeness (QED) is 0.772. The van der Waals surface area contributed by atoms with Crippen LogP contribution >= 0.6 is 0 Å². The van der Waals surface area contributed by atoms with E-state index in [1.807, 2.05) is 47.5 Å². The zero-order chi connectivity index (χ0) is 18.8. The highest BCUT2D eigenvalue weighted by Crippen LogP contribution is 2.25. The van der Waals surface area contributed by atoms with Crippen LogP contribution < -0.4 is 0 Å². The van der Waals surface area contributed by atoms with E-state index in [4.69, 9.17) is 5.11 Å². The van der Waals surface area contributed by atoms with Gasteiger partial charge in [0.1, 0.15) is 0 Å². The maximum absolute atomic E-state index is 12.8. The van der Waals surface area contributed by atoms with Crippen molar-refractivity contribution in [3.8, 4) is 11.1 Å². The Kier molecular flexibility index (Phi) is 4.62. The summed E-state index contributed by atoms with van der Waals surface area (Å²) >= 11 is 0. The average Bonchev–Trinajstić information content (AvgIpc) is 3.09. The number of carboxylic acids is 1. The molecule has 6 heteroatoms. The number of benzene rings is 1. The van der Waals surface area contributed by atoms with Crippen LogP contribution in [0.5, 0.6) is 0 Å². The van der Waals surface area contributed by atoms with Gasteiger partial charge in [-0.15, -0.1) is 0 Å². The Bertz CT molecular complexity index is 1000. The molecule has 3 aromatic rings. The largest absolute Gasteiger partial charge is 0.481 e. The Morgan fingerprint density at radius 3 is 2.59 bits per heavy atom. The van der Waals surface area contributed by atoms with Crippen LogP contribution in [0.3, 0.4) is 0 Å². The molecular weight excluding hydrogens is 342 g/mol. The number of hydrogen-bond donors (Lipinski definition) is 1. The molecule has 0 bridgehead atoms. The topological polar surface area (TPSA) is 74.9 Å². The lowest BCUT2D eigenvalue weighted by atomic mass is 10.0. The molecule has 6 nitrogen and oxygen atoms in total. The van der Waals surface area contributed by atoms with Gasteiger partial charge in [-0.05, 0) is 54.7 Å². The molecule has 1 fully saturated rings. The molecule has 3 heterocycles. The van der Waals surface area contributed by atoms with Crippen LogP contribution in [0.25, 0.3) is 16.6 Å². The van der Waals surface area contributed by atoms with Crippen LogP contribution in [0.15, 0.2) is 48.8 Å². The highest BCUT2D eigenvalue weighted by Gasteiger charge is 2.18. The summed E-state index contributed by atoms with van der Waals surface area (Å²) in [5.41, 5.74) is 3.99. The molecule has 0 atom stereocenters. The number of aliphatic carboxylic acids is 1. The molecule has 1 N–H and O–H groups in total. The fraction of sp³-hybridized carbons (Fsp3) is 0.286. The number of hydrogen-bond acceptors (Lipinski definition) is 3. The molecule has 0 aliphatic carbocycles. The zero-order valence-electron chi connectivity index (χ0n) is 15.0. The van der Waals surface area contributed by atoms with Crippen LogP contribution in [0.2, 0.25) is 0 Å². The molecule has 0 radical (unpaired) electrons. The van der Waals surface area contributed by atoms with Gasteiger partial charge in [-0.1, -0.05) is 12.1 Å². The fourth-order valence-corrected chi connectivity index (χ4v) is 3.62. The normalized spacial score (nSPS) is 14.4. The minimum atomic E-state index is -0.885. The number of pyridine rings is 1. The van der Waals surface area contributed by atoms with E-state index in [0.29, 0.717) is 11.1 Å². The summed E-state index contributed by atoms with van der Waals surface area (Å²) in [5.74, 6) is -0.807. The number of amides is 1. The van der Waals surface area contributed by atoms with Crippen LogP contribution in [0, 0.1) is 0 Å². The van der Waals surface area contributed by atoms with E-state index in [1.54, 1.807) is 10.7 Å². The average molecular weight is 363 g/mol. The molecule has 0 saturated carbocycles. The van der Waals surface area contributed by atoms with Gasteiger partial charge in [-0.25, -0.2) is 4.52 Å². The van der Waals surface area contributed by atoms with Gasteiger partial charge in [-0.3, -0.25) is 9.59 Å². The summed E-state index contributed by atoms with van der Waals surface area (Å²) in [6, 6.07) is 11.5. The maximum Gasteiger partial charge on any atom is 0.307 e. The number of carbonyl (C=O) groups excluding carboxylic acids is 1. The van der Waals surface area contributed by atoms with Crippen molar-refractivity contribution in [2.75, 3.05) is 13.1 Å². The predicted molar refractivity (Wildman–Crippen MR) is 102 cm³/mol. The Balaban J connectivity index is 1.67. The molecule has 0 spiro atoms. The highest BCUT2D eigenvalue weighted by molar-refractivity contribution is 5.95. The number of likely N-dealkylation sites (tertiary alicyclic amines) is 1. The Morgan fingerprint density at radius 1 is 1.04 bits per heavy atom. The van der Waals surface area contributed by atoms with Gasteiger partial charge >= 0.3 is 5.97 Å². The van der Waals surface area contributed by atoms with Gasteiger partial charge in [0.05, 0.1) is 18.1 Å². The third-order valence-electron chi connectivity index (χ3n) is 5.03. The highest BCUT2D eigenvalue weighted by atomic mass is 16.4. The molecule has 1 aliphatic rings. The number of nitrogens with zero attached hydrogens (tertiary/aromatic N) is 3. The van der Waals surface area contributed by atoms with Gasteiger partial charge in [0.15, 0.2) is 0 Å². The number of carboxylic acid groups (broad SMARTS) is 1. The van der Waals surface area contributed by atoms with Crippen molar-refractivity contribution in [2.45, 2.75) is 25.7 Å². The number of carbonyl (C=O) groups is 2. The van der Waals surface area contributed by atoms with E-state index < -0.39 is 5.97 Å². The van der Waals surface area contributed by atoms with Gasteiger partial charge in [-0.2, -0.15) is 5.10 Å². The third kappa shape index (κ3) is 3.56. The van der Waals surface area contributed by atoms with E-state index in [9.17, 15) is 9.59 Å². The minimum absolute atomic E-state index is 0.0690. The first-order valence-corrected chi connectivity index (χ1v) is 9.19. The van der Waals surface area contributed by atoms with E-state index >= 15 is 0 Å². The van der Waals surface area contributed by atoms with Crippen molar-refractivity contribution in [3.63, 3.8) is 0 Å². The van der Waals surface area contributed by atoms with Crippen molar-refractivity contribution in [2.24, 2.45) is 0 Å². The van der Waals surface area contributed by atoms with Gasteiger partial charge in [0, 0.05) is 30.4 Å². The number of aromatic nitrogens is 2. The first kappa shape index (κ1) is 17.3. The second-order valence-electron chi connectivity index (χ2n) is 6.92. The Morgan fingerprint density at radius 2 is 1.81 bits per heavy atom. The first-order chi connectivity index (χ1) is 13.1. The summed E-state index contributed by atoms with van der Waals surface area (Å²) in [6.45, 7) is 1.65.